The van der Waals surface area contributed by atoms with Crippen LogP contribution in [0, 0.1) is 5.92 Å². The van der Waals surface area contributed by atoms with Gasteiger partial charge in [-0.2, -0.15) is 0 Å². The molecule has 1 heteroatoms. The average molecular weight is 241 g/mol. The number of nitrogens with one attached hydrogen (secondary N) is 1. The predicted molar refractivity (Wildman–Crippen MR) is 79.5 cm³/mol. The van der Waals surface area contributed by atoms with Gasteiger partial charge < -0.3 is 5.32 Å². The first-order chi connectivity index (χ1) is 8.29. The number of hydrogen-bond donors (Lipinski definition) is 1. The largest absolute Gasteiger partial charge is 0.314 e. The van der Waals surface area contributed by atoms with Crippen LogP contribution in [0.5, 0.6) is 0 Å². The van der Waals surface area contributed by atoms with Crippen molar-refractivity contribution in [3.05, 3.63) is 0 Å². The van der Waals surface area contributed by atoms with Crippen LogP contribution in [0.3, 0.4) is 0 Å². The Balaban J connectivity index is 4.15. The summed E-state index contributed by atoms with van der Waals surface area (Å²) in [6.07, 6.45) is 12.3. The fourth-order valence-corrected chi connectivity index (χ4v) is 2.74. The molecule has 0 bridgehead atoms. The first-order valence-corrected chi connectivity index (χ1v) is 8.03. The first kappa shape index (κ1) is 17.0. The van der Waals surface area contributed by atoms with E-state index in [2.05, 4.69) is 33.0 Å². The fraction of sp³-hybridized carbons (Fsp3) is 1.00. The highest BCUT2D eigenvalue weighted by atomic mass is 14.9. The zero-order valence-corrected chi connectivity index (χ0v) is 12.7. The molecule has 0 aromatic carbocycles. The van der Waals surface area contributed by atoms with Gasteiger partial charge in [0.15, 0.2) is 0 Å². The molecule has 1 N–H and O–H groups in total. The minimum atomic E-state index is 0.779. The van der Waals surface area contributed by atoms with Crippen molar-refractivity contribution in [1.82, 2.24) is 5.32 Å². The lowest BCUT2D eigenvalue weighted by Crippen LogP contribution is -2.36. The minimum Gasteiger partial charge on any atom is -0.314 e. The van der Waals surface area contributed by atoms with Gasteiger partial charge in [0.05, 0.1) is 0 Å². The normalized spacial score (nSPS) is 13.2. The maximum Gasteiger partial charge on any atom is 0.00953 e. The molecule has 0 aliphatic carbocycles. The van der Waals surface area contributed by atoms with Crippen LogP contribution in [0.2, 0.25) is 0 Å². The Bertz CT molecular complexity index is 138. The topological polar surface area (TPSA) is 12.0 Å². The summed E-state index contributed by atoms with van der Waals surface area (Å²) < 4.78 is 0. The van der Waals surface area contributed by atoms with Crippen LogP contribution in [0.1, 0.15) is 85.5 Å². The lowest BCUT2D eigenvalue weighted by atomic mass is 9.87. The highest BCUT2D eigenvalue weighted by Crippen LogP contribution is 2.22. The van der Waals surface area contributed by atoms with E-state index in [9.17, 15) is 0 Å². The smallest absolute Gasteiger partial charge is 0.00953 e. The molecule has 0 saturated heterocycles. The Morgan fingerprint density at radius 3 is 1.82 bits per heavy atom. The van der Waals surface area contributed by atoms with E-state index in [4.69, 9.17) is 0 Å². The second-order valence-electron chi connectivity index (χ2n) is 5.39. The Morgan fingerprint density at radius 2 is 1.35 bits per heavy atom. The molecule has 0 rings (SSSR count). The molecule has 17 heavy (non-hydrogen) atoms. The molecule has 0 spiro atoms. The van der Waals surface area contributed by atoms with Gasteiger partial charge in [-0.25, -0.2) is 0 Å². The van der Waals surface area contributed by atoms with Crippen molar-refractivity contribution < 1.29 is 0 Å². The van der Waals surface area contributed by atoms with E-state index in [-0.39, 0.29) is 0 Å². The molecule has 0 heterocycles. The zero-order valence-electron chi connectivity index (χ0n) is 12.7. The molecule has 1 atom stereocenters. The Hall–Kier alpha value is -0.0400. The molecule has 0 aliphatic heterocycles. The summed E-state index contributed by atoms with van der Waals surface area (Å²) in [6.45, 7) is 10.4. The van der Waals surface area contributed by atoms with Gasteiger partial charge in [0, 0.05) is 6.04 Å². The summed E-state index contributed by atoms with van der Waals surface area (Å²) in [7, 11) is 0. The van der Waals surface area contributed by atoms with E-state index in [0.29, 0.717) is 0 Å². The van der Waals surface area contributed by atoms with Gasteiger partial charge in [-0.05, 0) is 38.1 Å². The summed E-state index contributed by atoms with van der Waals surface area (Å²) in [5, 5.41) is 3.80. The SMILES string of the molecule is CCCCCC(NCCC)C(CCC)CCC. The quantitative estimate of drug-likeness (QED) is 0.466. The summed E-state index contributed by atoms with van der Waals surface area (Å²) in [5.41, 5.74) is 0. The Morgan fingerprint density at radius 1 is 0.706 bits per heavy atom. The standard InChI is InChI=1S/C16H35N/c1-5-9-10-13-16(17-14-8-4)15(11-6-2)12-7-3/h15-17H,5-14H2,1-4H3. The third kappa shape index (κ3) is 8.65. The molecule has 0 amide bonds. The van der Waals surface area contributed by atoms with Gasteiger partial charge in [-0.1, -0.05) is 59.8 Å². The summed E-state index contributed by atoms with van der Waals surface area (Å²) >= 11 is 0. The predicted octanol–water partition coefficient (Wildman–Crippen LogP) is 5.15. The Kier molecular flexibility index (Phi) is 12.4. The van der Waals surface area contributed by atoms with Crippen molar-refractivity contribution in [3.63, 3.8) is 0 Å². The van der Waals surface area contributed by atoms with Crippen molar-refractivity contribution in [3.8, 4) is 0 Å². The lowest BCUT2D eigenvalue weighted by molar-refractivity contribution is 0.290. The van der Waals surface area contributed by atoms with Crippen molar-refractivity contribution in [2.24, 2.45) is 5.92 Å². The van der Waals surface area contributed by atoms with E-state index in [0.717, 1.165) is 12.0 Å². The molecule has 104 valence electrons. The maximum absolute atomic E-state index is 3.80. The minimum absolute atomic E-state index is 0.779. The lowest BCUT2D eigenvalue weighted by Gasteiger charge is -2.28. The third-order valence-corrected chi connectivity index (χ3v) is 3.66. The van der Waals surface area contributed by atoms with Crippen molar-refractivity contribution in [1.29, 1.82) is 0 Å². The second kappa shape index (κ2) is 12.4. The van der Waals surface area contributed by atoms with E-state index in [1.54, 1.807) is 0 Å². The first-order valence-electron chi connectivity index (χ1n) is 8.03. The van der Waals surface area contributed by atoms with Gasteiger partial charge in [0.1, 0.15) is 0 Å². The van der Waals surface area contributed by atoms with Gasteiger partial charge in [-0.3, -0.25) is 0 Å². The van der Waals surface area contributed by atoms with Crippen molar-refractivity contribution >= 4 is 0 Å². The van der Waals surface area contributed by atoms with Gasteiger partial charge in [0.2, 0.25) is 0 Å². The molecule has 1 nitrogen and oxygen atoms in total. The zero-order chi connectivity index (χ0) is 12.9. The van der Waals surface area contributed by atoms with Gasteiger partial charge >= 0.3 is 0 Å². The van der Waals surface area contributed by atoms with E-state index in [1.807, 2.05) is 0 Å². The van der Waals surface area contributed by atoms with E-state index >= 15 is 0 Å². The van der Waals surface area contributed by atoms with Crippen molar-refractivity contribution in [2.45, 2.75) is 91.5 Å². The maximum atomic E-state index is 3.80. The van der Waals surface area contributed by atoms with Crippen LogP contribution < -0.4 is 5.32 Å². The summed E-state index contributed by atoms with van der Waals surface area (Å²) in [6, 6.07) is 0.779. The molecular weight excluding hydrogens is 206 g/mol. The molecule has 1 unspecified atom stereocenters. The summed E-state index contributed by atoms with van der Waals surface area (Å²) in [5.74, 6) is 0.911. The average Bonchev–Trinajstić information content (AvgIpc) is 2.33. The molecular formula is C16H35N. The third-order valence-electron chi connectivity index (χ3n) is 3.66. The van der Waals surface area contributed by atoms with Crippen LogP contribution in [0.4, 0.5) is 0 Å². The summed E-state index contributed by atoms with van der Waals surface area (Å²) in [4.78, 5) is 0. The number of rotatable bonds is 12. The van der Waals surface area contributed by atoms with Gasteiger partial charge in [-0.15, -0.1) is 0 Å². The molecule has 0 aromatic rings. The number of unbranched alkanes of at least 4 members (excludes halogenated alkanes) is 2. The van der Waals surface area contributed by atoms with Crippen LogP contribution in [-0.4, -0.2) is 12.6 Å². The monoisotopic (exact) mass is 241 g/mol. The fourth-order valence-electron chi connectivity index (χ4n) is 2.74. The van der Waals surface area contributed by atoms with E-state index < -0.39 is 0 Å². The van der Waals surface area contributed by atoms with Crippen molar-refractivity contribution in [2.75, 3.05) is 6.54 Å². The molecule has 0 aliphatic rings. The molecule has 0 aromatic heterocycles. The second-order valence-corrected chi connectivity index (χ2v) is 5.39. The molecule has 0 saturated carbocycles. The highest BCUT2D eigenvalue weighted by Gasteiger charge is 2.18. The highest BCUT2D eigenvalue weighted by molar-refractivity contribution is 4.76. The van der Waals surface area contributed by atoms with Crippen LogP contribution in [0.25, 0.3) is 0 Å². The van der Waals surface area contributed by atoms with Gasteiger partial charge in [0.25, 0.3) is 0 Å². The number of hydrogen-bond acceptors (Lipinski definition) is 1. The van der Waals surface area contributed by atoms with Crippen LogP contribution in [0.15, 0.2) is 0 Å². The Labute approximate surface area is 110 Å². The van der Waals surface area contributed by atoms with E-state index in [1.165, 1.54) is 64.3 Å². The molecule has 0 fully saturated rings. The molecule has 0 radical (unpaired) electrons. The van der Waals surface area contributed by atoms with Crippen LogP contribution >= 0.6 is 0 Å². The van der Waals surface area contributed by atoms with Crippen LogP contribution in [-0.2, 0) is 0 Å².